The summed E-state index contributed by atoms with van der Waals surface area (Å²) in [6, 6.07) is 13.9. The van der Waals surface area contributed by atoms with E-state index in [1.54, 1.807) is 48.5 Å². The van der Waals surface area contributed by atoms with Crippen molar-refractivity contribution in [3.05, 3.63) is 54.1 Å². The van der Waals surface area contributed by atoms with Gasteiger partial charge in [0.05, 0.1) is 6.54 Å². The Kier molecular flexibility index (Phi) is 7.37. The van der Waals surface area contributed by atoms with Gasteiger partial charge < -0.3 is 21.3 Å². The number of hydrogen-bond donors (Lipinski definition) is 4. The summed E-state index contributed by atoms with van der Waals surface area (Å²) in [6.07, 6.45) is 0.868. The number of carbonyl (C=O) groups excluding carboxylic acids is 3. The number of carbonyl (C=O) groups is 3. The Balaban J connectivity index is 1.90. The van der Waals surface area contributed by atoms with E-state index in [1.807, 2.05) is 6.92 Å². The Hall–Kier alpha value is -3.35. The quantitative estimate of drug-likeness (QED) is 0.576. The zero-order valence-electron chi connectivity index (χ0n) is 15.5. The van der Waals surface area contributed by atoms with E-state index in [9.17, 15) is 14.4 Å². The van der Waals surface area contributed by atoms with Crippen LogP contribution in [0, 0.1) is 0 Å². The second-order valence-electron chi connectivity index (χ2n) is 6.00. The third kappa shape index (κ3) is 6.81. The Morgan fingerprint density at radius 2 is 1.56 bits per heavy atom. The number of nitrogens with one attached hydrogen (secondary N) is 4. The molecule has 0 fully saturated rings. The van der Waals surface area contributed by atoms with Crippen molar-refractivity contribution < 1.29 is 14.4 Å². The molecule has 2 rings (SSSR count). The fraction of sp³-hybridized carbons (Fsp3) is 0.250. The highest BCUT2D eigenvalue weighted by molar-refractivity contribution is 5.96. The number of anilines is 3. The van der Waals surface area contributed by atoms with Gasteiger partial charge in [-0.25, -0.2) is 0 Å². The van der Waals surface area contributed by atoms with E-state index < -0.39 is 0 Å². The van der Waals surface area contributed by atoms with Crippen LogP contribution in [0.5, 0.6) is 0 Å². The van der Waals surface area contributed by atoms with Gasteiger partial charge in [-0.15, -0.1) is 0 Å². The van der Waals surface area contributed by atoms with Gasteiger partial charge >= 0.3 is 0 Å². The van der Waals surface area contributed by atoms with Crippen LogP contribution in [-0.2, 0) is 9.59 Å². The summed E-state index contributed by atoms with van der Waals surface area (Å²) >= 11 is 0. The lowest BCUT2D eigenvalue weighted by atomic mass is 10.2. The van der Waals surface area contributed by atoms with E-state index in [4.69, 9.17) is 0 Å². The van der Waals surface area contributed by atoms with Crippen molar-refractivity contribution >= 4 is 34.8 Å². The summed E-state index contributed by atoms with van der Waals surface area (Å²) in [6.45, 7) is 4.08. The van der Waals surface area contributed by atoms with Gasteiger partial charge in [0.25, 0.3) is 5.91 Å². The maximum Gasteiger partial charge on any atom is 0.251 e. The van der Waals surface area contributed by atoms with Crippen LogP contribution in [0.1, 0.15) is 30.6 Å². The van der Waals surface area contributed by atoms with Crippen molar-refractivity contribution in [1.82, 2.24) is 5.32 Å². The minimum absolute atomic E-state index is 0.0460. The van der Waals surface area contributed by atoms with Crippen molar-refractivity contribution in [3.8, 4) is 0 Å². The molecule has 3 amide bonds. The van der Waals surface area contributed by atoms with Gasteiger partial charge in [0.2, 0.25) is 11.8 Å². The van der Waals surface area contributed by atoms with Crippen LogP contribution in [0.3, 0.4) is 0 Å². The van der Waals surface area contributed by atoms with Crippen molar-refractivity contribution in [2.45, 2.75) is 20.3 Å². The molecule has 7 heteroatoms. The SMILES string of the molecule is CCCNC(=O)c1cccc(NCC(=O)Nc2cccc(NC(C)=O)c2)c1. The van der Waals surface area contributed by atoms with Gasteiger partial charge in [-0.1, -0.05) is 19.1 Å². The number of amides is 3. The fourth-order valence-corrected chi connectivity index (χ4v) is 2.38. The van der Waals surface area contributed by atoms with Crippen LogP contribution < -0.4 is 21.3 Å². The molecule has 0 saturated heterocycles. The number of benzene rings is 2. The molecule has 0 radical (unpaired) electrons. The molecule has 7 nitrogen and oxygen atoms in total. The Labute approximate surface area is 158 Å². The maximum absolute atomic E-state index is 12.1. The summed E-state index contributed by atoms with van der Waals surface area (Å²) in [5.41, 5.74) is 2.41. The monoisotopic (exact) mass is 368 g/mol. The smallest absolute Gasteiger partial charge is 0.251 e. The largest absolute Gasteiger partial charge is 0.376 e. The Morgan fingerprint density at radius 3 is 2.26 bits per heavy atom. The normalized spacial score (nSPS) is 10.0. The maximum atomic E-state index is 12.1. The highest BCUT2D eigenvalue weighted by atomic mass is 16.2. The van der Waals surface area contributed by atoms with Crippen molar-refractivity contribution in [3.63, 3.8) is 0 Å². The molecule has 0 spiro atoms. The van der Waals surface area contributed by atoms with E-state index >= 15 is 0 Å². The van der Waals surface area contributed by atoms with Crippen LogP contribution in [0.2, 0.25) is 0 Å². The fourth-order valence-electron chi connectivity index (χ4n) is 2.38. The average molecular weight is 368 g/mol. The van der Waals surface area contributed by atoms with Gasteiger partial charge in [-0.3, -0.25) is 14.4 Å². The molecule has 27 heavy (non-hydrogen) atoms. The predicted octanol–water partition coefficient (Wildman–Crippen LogP) is 2.84. The predicted molar refractivity (Wildman–Crippen MR) is 107 cm³/mol. The summed E-state index contributed by atoms with van der Waals surface area (Å²) in [5, 5.41) is 11.2. The van der Waals surface area contributed by atoms with E-state index in [0.29, 0.717) is 29.2 Å². The Bertz CT molecular complexity index is 820. The first-order valence-electron chi connectivity index (χ1n) is 8.77. The molecule has 0 aliphatic heterocycles. The molecule has 2 aromatic rings. The molecular weight excluding hydrogens is 344 g/mol. The van der Waals surface area contributed by atoms with E-state index in [2.05, 4.69) is 21.3 Å². The van der Waals surface area contributed by atoms with E-state index in [0.717, 1.165) is 6.42 Å². The van der Waals surface area contributed by atoms with Crippen LogP contribution >= 0.6 is 0 Å². The van der Waals surface area contributed by atoms with Crippen LogP contribution in [0.15, 0.2) is 48.5 Å². The zero-order valence-corrected chi connectivity index (χ0v) is 15.5. The summed E-state index contributed by atoms with van der Waals surface area (Å²) in [5.74, 6) is -0.557. The third-order valence-corrected chi connectivity index (χ3v) is 3.58. The molecule has 0 bridgehead atoms. The van der Waals surface area contributed by atoms with Crippen molar-refractivity contribution in [2.75, 3.05) is 29.0 Å². The average Bonchev–Trinajstić information content (AvgIpc) is 2.64. The zero-order chi connectivity index (χ0) is 19.6. The molecular formula is C20H24N4O3. The van der Waals surface area contributed by atoms with Gasteiger partial charge in [0.15, 0.2) is 0 Å². The first-order chi connectivity index (χ1) is 13.0. The second kappa shape index (κ2) is 9.96. The highest BCUT2D eigenvalue weighted by Crippen LogP contribution is 2.15. The minimum atomic E-state index is -0.240. The second-order valence-corrected chi connectivity index (χ2v) is 6.00. The Morgan fingerprint density at radius 1 is 0.889 bits per heavy atom. The van der Waals surface area contributed by atoms with Gasteiger partial charge in [0, 0.05) is 36.1 Å². The first-order valence-corrected chi connectivity index (χ1v) is 8.77. The minimum Gasteiger partial charge on any atom is -0.376 e. The van der Waals surface area contributed by atoms with E-state index in [-0.39, 0.29) is 24.3 Å². The lowest BCUT2D eigenvalue weighted by molar-refractivity contribution is -0.115. The summed E-state index contributed by atoms with van der Waals surface area (Å²) in [7, 11) is 0. The summed E-state index contributed by atoms with van der Waals surface area (Å²) < 4.78 is 0. The molecule has 0 heterocycles. The standard InChI is InChI=1S/C20H24N4O3/c1-3-10-21-20(27)15-6-4-7-16(11-15)22-13-19(26)24-18-9-5-8-17(12-18)23-14(2)25/h4-9,11-12,22H,3,10,13H2,1-2H3,(H,21,27)(H,23,25)(H,24,26). The van der Waals surface area contributed by atoms with Crippen LogP contribution in [0.25, 0.3) is 0 Å². The molecule has 0 aliphatic carbocycles. The molecule has 0 unspecified atom stereocenters. The topological polar surface area (TPSA) is 99.3 Å². The van der Waals surface area contributed by atoms with Gasteiger partial charge in [-0.05, 0) is 42.8 Å². The van der Waals surface area contributed by atoms with E-state index in [1.165, 1.54) is 6.92 Å². The van der Waals surface area contributed by atoms with Crippen LogP contribution in [0.4, 0.5) is 17.1 Å². The number of rotatable bonds is 8. The third-order valence-electron chi connectivity index (χ3n) is 3.58. The molecule has 142 valence electrons. The highest BCUT2D eigenvalue weighted by Gasteiger charge is 2.07. The molecule has 0 saturated carbocycles. The molecule has 4 N–H and O–H groups in total. The lowest BCUT2D eigenvalue weighted by Gasteiger charge is -2.10. The summed E-state index contributed by atoms with van der Waals surface area (Å²) in [4.78, 5) is 35.2. The first kappa shape index (κ1) is 20.0. The van der Waals surface area contributed by atoms with Gasteiger partial charge in [-0.2, -0.15) is 0 Å². The molecule has 0 aromatic heterocycles. The van der Waals surface area contributed by atoms with Crippen molar-refractivity contribution in [2.24, 2.45) is 0 Å². The van der Waals surface area contributed by atoms with Crippen LogP contribution in [-0.4, -0.2) is 30.8 Å². The number of hydrogen-bond acceptors (Lipinski definition) is 4. The molecule has 0 aliphatic rings. The molecule has 0 atom stereocenters. The molecule has 2 aromatic carbocycles. The lowest BCUT2D eigenvalue weighted by Crippen LogP contribution is -2.24. The van der Waals surface area contributed by atoms with Gasteiger partial charge in [0.1, 0.15) is 0 Å². The van der Waals surface area contributed by atoms with Crippen molar-refractivity contribution in [1.29, 1.82) is 0 Å².